The van der Waals surface area contributed by atoms with Gasteiger partial charge in [0.1, 0.15) is 0 Å². The fourth-order valence-electron chi connectivity index (χ4n) is 3.12. The molecule has 0 heterocycles. The predicted octanol–water partition coefficient (Wildman–Crippen LogP) is 5.31. The zero-order chi connectivity index (χ0) is 13.2. The Morgan fingerprint density at radius 2 is 1.78 bits per heavy atom. The Hall–Kier alpha value is -0.250. The number of anilines is 1. The highest BCUT2D eigenvalue weighted by Crippen LogP contribution is 2.39. The van der Waals surface area contributed by atoms with Crippen LogP contribution in [0, 0.1) is 14.9 Å². The van der Waals surface area contributed by atoms with E-state index in [-0.39, 0.29) is 0 Å². The van der Waals surface area contributed by atoms with Crippen molar-refractivity contribution in [2.45, 2.75) is 52.5 Å². The number of halogens is 1. The van der Waals surface area contributed by atoms with Gasteiger partial charge in [-0.3, -0.25) is 0 Å². The largest absolute Gasteiger partial charge is 0.381 e. The fraction of sp³-hybridized carbons (Fsp3) is 0.625. The lowest BCUT2D eigenvalue weighted by molar-refractivity contribution is 0.163. The lowest BCUT2D eigenvalue weighted by Crippen LogP contribution is -2.39. The molecule has 1 nitrogen and oxygen atoms in total. The van der Waals surface area contributed by atoms with Crippen molar-refractivity contribution in [3.63, 3.8) is 0 Å². The average molecular weight is 357 g/mol. The lowest BCUT2D eigenvalue weighted by atomic mass is 9.69. The zero-order valence-corrected chi connectivity index (χ0v) is 13.8. The number of para-hydroxylation sites is 1. The second-order valence-electron chi connectivity index (χ2n) is 6.49. The molecule has 1 aliphatic carbocycles. The summed E-state index contributed by atoms with van der Waals surface area (Å²) in [6, 6.07) is 9.25. The van der Waals surface area contributed by atoms with Gasteiger partial charge in [-0.2, -0.15) is 0 Å². The van der Waals surface area contributed by atoms with Gasteiger partial charge in [0.05, 0.1) is 0 Å². The van der Waals surface area contributed by atoms with E-state index in [1.807, 2.05) is 0 Å². The van der Waals surface area contributed by atoms with Crippen molar-refractivity contribution in [1.29, 1.82) is 0 Å². The van der Waals surface area contributed by atoms with Crippen LogP contribution in [-0.4, -0.2) is 6.04 Å². The average Bonchev–Trinajstić information content (AvgIpc) is 2.31. The van der Waals surface area contributed by atoms with Gasteiger partial charge in [-0.1, -0.05) is 45.7 Å². The summed E-state index contributed by atoms with van der Waals surface area (Å²) in [5.74, 6) is 0.780. The molecule has 0 aromatic heterocycles. The summed E-state index contributed by atoms with van der Waals surface area (Å²) < 4.78 is 1.33. The summed E-state index contributed by atoms with van der Waals surface area (Å²) in [5.41, 5.74) is 1.71. The van der Waals surface area contributed by atoms with E-state index in [2.05, 4.69) is 72.9 Å². The number of nitrogens with one attached hydrogen (secondary N) is 1. The van der Waals surface area contributed by atoms with Crippen LogP contribution >= 0.6 is 22.6 Å². The van der Waals surface area contributed by atoms with Gasteiger partial charge >= 0.3 is 0 Å². The molecule has 0 spiro atoms. The molecule has 1 aromatic rings. The van der Waals surface area contributed by atoms with Gasteiger partial charge in [0, 0.05) is 15.3 Å². The standard InChI is InChI=1S/C16H24IN/c1-16(2,3)12-8-4-6-10-14(12)18-15-11-7-5-9-13(15)17/h5,7,9,11-12,14,18H,4,6,8,10H2,1-3H3. The molecule has 1 aliphatic rings. The van der Waals surface area contributed by atoms with Crippen molar-refractivity contribution >= 4 is 28.3 Å². The molecule has 18 heavy (non-hydrogen) atoms. The van der Waals surface area contributed by atoms with Crippen molar-refractivity contribution in [1.82, 2.24) is 0 Å². The molecule has 0 saturated heterocycles. The summed E-state index contributed by atoms with van der Waals surface area (Å²) in [6.45, 7) is 7.15. The monoisotopic (exact) mass is 357 g/mol. The van der Waals surface area contributed by atoms with Gasteiger partial charge in [0.2, 0.25) is 0 Å². The second-order valence-corrected chi connectivity index (χ2v) is 7.65. The normalized spacial score (nSPS) is 24.9. The number of benzene rings is 1. The first-order valence-electron chi connectivity index (χ1n) is 6.99. The third kappa shape index (κ3) is 3.40. The van der Waals surface area contributed by atoms with Crippen molar-refractivity contribution in [2.75, 3.05) is 5.32 Å². The van der Waals surface area contributed by atoms with Crippen molar-refractivity contribution in [3.8, 4) is 0 Å². The Labute approximate surface area is 125 Å². The van der Waals surface area contributed by atoms with Gasteiger partial charge in [0.15, 0.2) is 0 Å². The fourth-order valence-corrected chi connectivity index (χ4v) is 3.66. The molecular weight excluding hydrogens is 333 g/mol. The Morgan fingerprint density at radius 1 is 1.11 bits per heavy atom. The van der Waals surface area contributed by atoms with Crippen LogP contribution in [0.25, 0.3) is 0 Å². The summed E-state index contributed by atoms with van der Waals surface area (Å²) in [5, 5.41) is 3.80. The Bertz CT molecular complexity index is 394. The highest BCUT2D eigenvalue weighted by atomic mass is 127. The van der Waals surface area contributed by atoms with Crippen LogP contribution in [0.2, 0.25) is 0 Å². The molecule has 1 aromatic carbocycles. The minimum atomic E-state index is 0.401. The maximum Gasteiger partial charge on any atom is 0.0478 e. The SMILES string of the molecule is CC(C)(C)C1CCCCC1Nc1ccccc1I. The van der Waals surface area contributed by atoms with Gasteiger partial charge < -0.3 is 5.32 Å². The minimum Gasteiger partial charge on any atom is -0.381 e. The molecule has 2 heteroatoms. The first-order chi connectivity index (χ1) is 8.48. The van der Waals surface area contributed by atoms with Crippen LogP contribution in [-0.2, 0) is 0 Å². The molecule has 0 aliphatic heterocycles. The number of hydrogen-bond donors (Lipinski definition) is 1. The zero-order valence-electron chi connectivity index (χ0n) is 11.7. The summed E-state index contributed by atoms with van der Waals surface area (Å²) in [6.07, 6.45) is 5.44. The van der Waals surface area contributed by atoms with Crippen LogP contribution in [0.4, 0.5) is 5.69 Å². The van der Waals surface area contributed by atoms with Crippen LogP contribution in [0.15, 0.2) is 24.3 Å². The quantitative estimate of drug-likeness (QED) is 0.708. The molecule has 0 bridgehead atoms. The molecular formula is C16H24IN. The molecule has 100 valence electrons. The highest BCUT2D eigenvalue weighted by molar-refractivity contribution is 14.1. The van der Waals surface area contributed by atoms with E-state index < -0.39 is 0 Å². The van der Waals surface area contributed by atoms with E-state index in [1.165, 1.54) is 34.9 Å². The topological polar surface area (TPSA) is 12.0 Å². The maximum absolute atomic E-state index is 3.80. The Balaban J connectivity index is 2.13. The third-order valence-corrected chi connectivity index (χ3v) is 5.03. The maximum atomic E-state index is 3.80. The summed E-state index contributed by atoms with van der Waals surface area (Å²) in [7, 11) is 0. The van der Waals surface area contributed by atoms with Crippen molar-refractivity contribution in [2.24, 2.45) is 11.3 Å². The first-order valence-corrected chi connectivity index (χ1v) is 8.07. The molecule has 0 amide bonds. The van der Waals surface area contributed by atoms with E-state index in [1.54, 1.807) is 0 Å². The molecule has 1 N–H and O–H groups in total. The number of rotatable bonds is 2. The van der Waals surface area contributed by atoms with Crippen LogP contribution in [0.5, 0.6) is 0 Å². The second kappa shape index (κ2) is 5.81. The Kier molecular flexibility index (Phi) is 4.57. The third-order valence-electron chi connectivity index (χ3n) is 4.09. The van der Waals surface area contributed by atoms with Crippen LogP contribution < -0.4 is 5.32 Å². The molecule has 1 saturated carbocycles. The van der Waals surface area contributed by atoms with Gasteiger partial charge in [-0.05, 0) is 58.9 Å². The van der Waals surface area contributed by atoms with E-state index in [0.717, 1.165) is 5.92 Å². The van der Waals surface area contributed by atoms with Crippen LogP contribution in [0.1, 0.15) is 46.5 Å². The molecule has 0 radical (unpaired) electrons. The smallest absolute Gasteiger partial charge is 0.0478 e. The highest BCUT2D eigenvalue weighted by Gasteiger charge is 2.34. The van der Waals surface area contributed by atoms with E-state index >= 15 is 0 Å². The van der Waals surface area contributed by atoms with Gasteiger partial charge in [0.25, 0.3) is 0 Å². The van der Waals surface area contributed by atoms with Crippen molar-refractivity contribution in [3.05, 3.63) is 27.8 Å². The molecule has 2 rings (SSSR count). The first kappa shape index (κ1) is 14.2. The van der Waals surface area contributed by atoms with E-state index in [9.17, 15) is 0 Å². The molecule has 2 atom stereocenters. The van der Waals surface area contributed by atoms with Crippen LogP contribution in [0.3, 0.4) is 0 Å². The number of hydrogen-bond acceptors (Lipinski definition) is 1. The summed E-state index contributed by atoms with van der Waals surface area (Å²) in [4.78, 5) is 0. The molecule has 2 unspecified atom stereocenters. The molecule has 1 fully saturated rings. The minimum absolute atomic E-state index is 0.401. The Morgan fingerprint density at radius 3 is 2.44 bits per heavy atom. The van der Waals surface area contributed by atoms with Gasteiger partial charge in [-0.25, -0.2) is 0 Å². The predicted molar refractivity (Wildman–Crippen MR) is 88.0 cm³/mol. The van der Waals surface area contributed by atoms with Crippen molar-refractivity contribution < 1.29 is 0 Å². The van der Waals surface area contributed by atoms with E-state index in [0.29, 0.717) is 11.5 Å². The van der Waals surface area contributed by atoms with Gasteiger partial charge in [-0.15, -0.1) is 0 Å². The lowest BCUT2D eigenvalue weighted by Gasteiger charge is -2.41. The summed E-state index contributed by atoms with van der Waals surface area (Å²) >= 11 is 2.42. The van der Waals surface area contributed by atoms with E-state index in [4.69, 9.17) is 0 Å².